The number of carbonyl (C=O) groups excluding carboxylic acids is 1. The molecule has 1 aromatic carbocycles. The maximum absolute atomic E-state index is 13.2. The van der Waals surface area contributed by atoms with Crippen molar-refractivity contribution >= 4 is 41.1 Å². The molecule has 0 N–H and O–H groups in total. The largest absolute Gasteiger partial charge is 0.296 e. The first-order valence-electron chi connectivity index (χ1n) is 4.79. The van der Waals surface area contributed by atoms with Gasteiger partial charge in [-0.3, -0.25) is 4.79 Å². The molecule has 0 radical (unpaired) electrons. The number of aldehydes is 1. The number of aromatic nitrogens is 1. The highest BCUT2D eigenvalue weighted by atomic mass is 35.5. The molecule has 0 saturated carbocycles. The second-order valence-corrected chi connectivity index (χ2v) is 4.65. The molecule has 0 aliphatic carbocycles. The molecular formula is C12H5Cl3FNO. The highest BCUT2D eigenvalue weighted by molar-refractivity contribution is 6.44. The Morgan fingerprint density at radius 1 is 1.06 bits per heavy atom. The molecule has 0 fully saturated rings. The molecule has 0 bridgehead atoms. The van der Waals surface area contributed by atoms with E-state index in [9.17, 15) is 9.18 Å². The molecule has 0 atom stereocenters. The third-order valence-corrected chi connectivity index (χ3v) is 3.31. The lowest BCUT2D eigenvalue weighted by molar-refractivity contribution is 0.111. The van der Waals surface area contributed by atoms with Crippen LogP contribution in [0.2, 0.25) is 15.1 Å². The van der Waals surface area contributed by atoms with E-state index in [0.717, 1.165) is 6.07 Å². The van der Waals surface area contributed by atoms with Crippen molar-refractivity contribution in [1.82, 2.24) is 4.98 Å². The number of hydrogen-bond donors (Lipinski definition) is 0. The predicted molar refractivity (Wildman–Crippen MR) is 70.0 cm³/mol. The van der Waals surface area contributed by atoms with Gasteiger partial charge in [-0.15, -0.1) is 0 Å². The van der Waals surface area contributed by atoms with Crippen LogP contribution in [0.4, 0.5) is 4.39 Å². The summed E-state index contributed by atoms with van der Waals surface area (Å²) < 4.78 is 13.2. The van der Waals surface area contributed by atoms with E-state index in [1.54, 1.807) is 0 Å². The van der Waals surface area contributed by atoms with E-state index in [-0.39, 0.29) is 5.69 Å². The average Bonchev–Trinajstić information content (AvgIpc) is 2.35. The van der Waals surface area contributed by atoms with E-state index < -0.39 is 5.82 Å². The van der Waals surface area contributed by atoms with Crippen LogP contribution in [0.25, 0.3) is 11.3 Å². The maximum Gasteiger partial charge on any atom is 0.171 e. The predicted octanol–water partition coefficient (Wildman–Crippen LogP) is 4.66. The van der Waals surface area contributed by atoms with Crippen molar-refractivity contribution in [3.63, 3.8) is 0 Å². The zero-order chi connectivity index (χ0) is 13.3. The Bertz CT molecular complexity index is 631. The Kier molecular flexibility index (Phi) is 3.85. The Balaban J connectivity index is 2.62. The molecule has 0 spiro atoms. The van der Waals surface area contributed by atoms with Crippen molar-refractivity contribution in [2.75, 3.05) is 0 Å². The van der Waals surface area contributed by atoms with Gasteiger partial charge >= 0.3 is 0 Å². The van der Waals surface area contributed by atoms with Gasteiger partial charge in [-0.25, -0.2) is 9.37 Å². The van der Waals surface area contributed by atoms with Crippen LogP contribution in [0, 0.1) is 5.82 Å². The average molecular weight is 305 g/mol. The lowest BCUT2D eigenvalue weighted by Gasteiger charge is -2.06. The van der Waals surface area contributed by atoms with Gasteiger partial charge in [-0.2, -0.15) is 0 Å². The topological polar surface area (TPSA) is 30.0 Å². The zero-order valence-electron chi connectivity index (χ0n) is 8.75. The van der Waals surface area contributed by atoms with Crippen molar-refractivity contribution < 1.29 is 9.18 Å². The molecule has 0 unspecified atom stereocenters. The first-order valence-corrected chi connectivity index (χ1v) is 5.93. The first kappa shape index (κ1) is 13.3. The number of benzene rings is 1. The molecule has 2 aromatic rings. The van der Waals surface area contributed by atoms with Crippen LogP contribution in [0.3, 0.4) is 0 Å². The summed E-state index contributed by atoms with van der Waals surface area (Å²) >= 11 is 17.7. The van der Waals surface area contributed by atoms with Gasteiger partial charge in [-0.1, -0.05) is 34.8 Å². The van der Waals surface area contributed by atoms with Crippen molar-refractivity contribution in [3.05, 3.63) is 50.8 Å². The lowest BCUT2D eigenvalue weighted by atomic mass is 10.1. The van der Waals surface area contributed by atoms with Crippen LogP contribution in [0.5, 0.6) is 0 Å². The second-order valence-electron chi connectivity index (χ2n) is 3.43. The Morgan fingerprint density at radius 2 is 1.72 bits per heavy atom. The highest BCUT2D eigenvalue weighted by Crippen LogP contribution is 2.34. The van der Waals surface area contributed by atoms with Crippen LogP contribution in [-0.2, 0) is 0 Å². The number of pyridine rings is 1. The molecule has 2 rings (SSSR count). The number of rotatable bonds is 2. The third-order valence-electron chi connectivity index (χ3n) is 2.27. The van der Waals surface area contributed by atoms with Crippen LogP contribution in [0.1, 0.15) is 10.5 Å². The Labute approximate surface area is 117 Å². The maximum atomic E-state index is 13.2. The minimum absolute atomic E-state index is 0.283. The quantitative estimate of drug-likeness (QED) is 0.596. The molecule has 2 nitrogen and oxygen atoms in total. The van der Waals surface area contributed by atoms with Crippen molar-refractivity contribution in [1.29, 1.82) is 0 Å². The summed E-state index contributed by atoms with van der Waals surface area (Å²) in [7, 11) is 0. The van der Waals surface area contributed by atoms with Gasteiger partial charge in [0.1, 0.15) is 5.69 Å². The summed E-state index contributed by atoms with van der Waals surface area (Å²) in [6, 6.07) is 5.53. The van der Waals surface area contributed by atoms with E-state index in [1.165, 1.54) is 18.2 Å². The minimum atomic E-state index is -0.690. The first-order chi connectivity index (χ1) is 8.52. The summed E-state index contributed by atoms with van der Waals surface area (Å²) in [6.45, 7) is 0. The highest BCUT2D eigenvalue weighted by Gasteiger charge is 2.11. The van der Waals surface area contributed by atoms with Crippen LogP contribution >= 0.6 is 34.8 Å². The van der Waals surface area contributed by atoms with Crippen molar-refractivity contribution in [2.45, 2.75) is 0 Å². The Morgan fingerprint density at radius 3 is 2.39 bits per heavy atom. The van der Waals surface area contributed by atoms with Crippen molar-refractivity contribution in [2.24, 2.45) is 0 Å². The van der Waals surface area contributed by atoms with Gasteiger partial charge in [0.05, 0.1) is 20.8 Å². The zero-order valence-corrected chi connectivity index (χ0v) is 11.0. The smallest absolute Gasteiger partial charge is 0.171 e. The monoisotopic (exact) mass is 303 g/mol. The summed E-state index contributed by atoms with van der Waals surface area (Å²) in [5.41, 5.74) is 0.547. The van der Waals surface area contributed by atoms with E-state index in [1.807, 2.05) is 0 Å². The summed E-state index contributed by atoms with van der Waals surface area (Å²) in [5, 5.41) is 0.929. The second kappa shape index (κ2) is 5.22. The van der Waals surface area contributed by atoms with Gasteiger partial charge < -0.3 is 0 Å². The number of carbonyl (C=O) groups is 1. The molecule has 0 saturated heterocycles. The summed E-state index contributed by atoms with van der Waals surface area (Å²) in [5.74, 6) is -0.690. The molecule has 92 valence electrons. The number of halogens is 4. The molecular weight excluding hydrogens is 299 g/mol. The fraction of sp³-hybridized carbons (Fsp3) is 0. The normalized spacial score (nSPS) is 10.4. The van der Waals surface area contributed by atoms with E-state index >= 15 is 0 Å². The van der Waals surface area contributed by atoms with Gasteiger partial charge in [0.2, 0.25) is 0 Å². The van der Waals surface area contributed by atoms with E-state index in [0.29, 0.717) is 32.6 Å². The molecule has 6 heteroatoms. The molecule has 18 heavy (non-hydrogen) atoms. The van der Waals surface area contributed by atoms with Crippen molar-refractivity contribution in [3.8, 4) is 11.3 Å². The fourth-order valence-corrected chi connectivity index (χ4v) is 2.05. The third kappa shape index (κ3) is 2.48. The van der Waals surface area contributed by atoms with Crippen LogP contribution in [0.15, 0.2) is 24.3 Å². The molecule has 1 heterocycles. The molecule has 1 aromatic heterocycles. The van der Waals surface area contributed by atoms with Gasteiger partial charge in [0.25, 0.3) is 0 Å². The van der Waals surface area contributed by atoms with Gasteiger partial charge in [0.15, 0.2) is 12.1 Å². The number of hydrogen-bond acceptors (Lipinski definition) is 2. The van der Waals surface area contributed by atoms with E-state index in [4.69, 9.17) is 34.8 Å². The Hall–Kier alpha value is -1.16. The SMILES string of the molecule is O=Cc1nc(-c2cc(Cl)c(Cl)cc2Cl)ccc1F. The fourth-order valence-electron chi connectivity index (χ4n) is 1.41. The lowest BCUT2D eigenvalue weighted by Crippen LogP contribution is -1.95. The standard InChI is InChI=1S/C12H5Cl3FNO/c13-7-4-9(15)8(14)3-6(7)11-2-1-10(16)12(5-18)17-11/h1-5H. The minimum Gasteiger partial charge on any atom is -0.296 e. The van der Waals surface area contributed by atoms with Crippen LogP contribution < -0.4 is 0 Å². The van der Waals surface area contributed by atoms with Gasteiger partial charge in [0, 0.05) is 5.56 Å². The summed E-state index contributed by atoms with van der Waals surface area (Å²) in [6.07, 6.45) is 0.338. The van der Waals surface area contributed by atoms with E-state index in [2.05, 4.69) is 4.98 Å². The van der Waals surface area contributed by atoms with Gasteiger partial charge in [-0.05, 0) is 24.3 Å². The van der Waals surface area contributed by atoms with Crippen LogP contribution in [-0.4, -0.2) is 11.3 Å². The molecule has 0 aliphatic heterocycles. The molecule has 0 amide bonds. The molecule has 0 aliphatic rings. The summed E-state index contributed by atoms with van der Waals surface area (Å²) in [4.78, 5) is 14.5. The number of nitrogens with zero attached hydrogens (tertiary/aromatic N) is 1.